The molecule has 0 spiro atoms. The predicted molar refractivity (Wildman–Crippen MR) is 66.8 cm³/mol. The van der Waals surface area contributed by atoms with Gasteiger partial charge in [0.1, 0.15) is 12.2 Å². The Morgan fingerprint density at radius 3 is 2.42 bits per heavy atom. The number of hydrogen-bond donors (Lipinski definition) is 4. The Labute approximate surface area is 111 Å². The standard InChI is InChI=1S/C13H19NO5/c15-7-10-12(17)13(18)11(16)6-14(10)19-8-9-4-2-1-3-5-9/h1-5,10-13,15-18H,6-8H2/t10-,11+,12+,13+/m1/s1. The fourth-order valence-corrected chi connectivity index (χ4v) is 2.13. The lowest BCUT2D eigenvalue weighted by Crippen LogP contribution is -2.62. The molecule has 1 saturated heterocycles. The minimum Gasteiger partial charge on any atom is -0.395 e. The van der Waals surface area contributed by atoms with Gasteiger partial charge < -0.3 is 20.4 Å². The summed E-state index contributed by atoms with van der Waals surface area (Å²) in [6.07, 6.45) is -3.62. The first kappa shape index (κ1) is 14.4. The van der Waals surface area contributed by atoms with Gasteiger partial charge in [0.2, 0.25) is 0 Å². The molecule has 1 aromatic carbocycles. The first-order chi connectivity index (χ1) is 9.13. The lowest BCUT2D eigenvalue weighted by Gasteiger charge is -2.41. The first-order valence-corrected chi connectivity index (χ1v) is 6.22. The van der Waals surface area contributed by atoms with Crippen LogP contribution in [0.3, 0.4) is 0 Å². The highest BCUT2D eigenvalue weighted by Gasteiger charge is 2.41. The average molecular weight is 269 g/mol. The molecule has 0 unspecified atom stereocenters. The number of hydroxylamine groups is 2. The van der Waals surface area contributed by atoms with E-state index in [-0.39, 0.29) is 19.8 Å². The van der Waals surface area contributed by atoms with Crippen LogP contribution in [0.15, 0.2) is 30.3 Å². The summed E-state index contributed by atoms with van der Waals surface area (Å²) in [5.74, 6) is 0. The lowest BCUT2D eigenvalue weighted by atomic mass is 9.96. The maximum atomic E-state index is 9.78. The summed E-state index contributed by atoms with van der Waals surface area (Å²) in [6, 6.07) is 8.68. The van der Waals surface area contributed by atoms with E-state index in [1.165, 1.54) is 5.06 Å². The van der Waals surface area contributed by atoms with Crippen molar-refractivity contribution in [1.29, 1.82) is 0 Å². The van der Waals surface area contributed by atoms with Gasteiger partial charge in [-0.25, -0.2) is 0 Å². The molecule has 6 heteroatoms. The van der Waals surface area contributed by atoms with E-state index in [4.69, 9.17) is 4.84 Å². The summed E-state index contributed by atoms with van der Waals surface area (Å²) in [5.41, 5.74) is 0.939. The molecule has 1 fully saturated rings. The molecule has 0 amide bonds. The molecule has 2 rings (SSSR count). The van der Waals surface area contributed by atoms with Crippen molar-refractivity contribution < 1.29 is 25.3 Å². The fourth-order valence-electron chi connectivity index (χ4n) is 2.13. The zero-order valence-corrected chi connectivity index (χ0v) is 10.5. The summed E-state index contributed by atoms with van der Waals surface area (Å²) < 4.78 is 0. The van der Waals surface area contributed by atoms with Gasteiger partial charge in [-0.3, -0.25) is 4.84 Å². The number of aliphatic hydroxyl groups is 4. The zero-order valence-electron chi connectivity index (χ0n) is 10.5. The number of rotatable bonds is 4. The van der Waals surface area contributed by atoms with E-state index in [2.05, 4.69) is 0 Å². The monoisotopic (exact) mass is 269 g/mol. The molecule has 0 aromatic heterocycles. The highest BCUT2D eigenvalue weighted by molar-refractivity contribution is 5.13. The van der Waals surface area contributed by atoms with Gasteiger partial charge in [0.25, 0.3) is 0 Å². The van der Waals surface area contributed by atoms with Gasteiger partial charge in [-0.15, -0.1) is 0 Å². The lowest BCUT2D eigenvalue weighted by molar-refractivity contribution is -0.273. The second-order valence-electron chi connectivity index (χ2n) is 4.66. The molecule has 0 radical (unpaired) electrons. The van der Waals surface area contributed by atoms with E-state index in [1.807, 2.05) is 30.3 Å². The molecule has 0 aliphatic carbocycles. The Morgan fingerprint density at radius 1 is 1.11 bits per heavy atom. The van der Waals surface area contributed by atoms with Crippen LogP contribution in [-0.2, 0) is 11.4 Å². The SMILES string of the molecule is OC[C@@H]1[C@H](O)[C@@H](O)[C@@H](O)CN1OCc1ccccc1. The van der Waals surface area contributed by atoms with E-state index in [0.29, 0.717) is 0 Å². The number of hydrogen-bond acceptors (Lipinski definition) is 6. The van der Waals surface area contributed by atoms with Gasteiger partial charge in [0.15, 0.2) is 0 Å². The van der Waals surface area contributed by atoms with Crippen molar-refractivity contribution in [2.45, 2.75) is 31.0 Å². The average Bonchev–Trinajstić information content (AvgIpc) is 2.44. The van der Waals surface area contributed by atoms with Crippen LogP contribution in [0.1, 0.15) is 5.56 Å². The number of benzene rings is 1. The third-order valence-electron chi connectivity index (χ3n) is 3.30. The smallest absolute Gasteiger partial charge is 0.109 e. The molecule has 0 bridgehead atoms. The van der Waals surface area contributed by atoms with Gasteiger partial charge in [-0.1, -0.05) is 30.3 Å². The maximum absolute atomic E-state index is 9.78. The topological polar surface area (TPSA) is 93.4 Å². The number of nitrogens with zero attached hydrogens (tertiary/aromatic N) is 1. The normalized spacial score (nSPS) is 32.4. The molecule has 1 aromatic rings. The Bertz CT molecular complexity index is 388. The quantitative estimate of drug-likeness (QED) is 0.553. The maximum Gasteiger partial charge on any atom is 0.109 e. The summed E-state index contributed by atoms with van der Waals surface area (Å²) in [4.78, 5) is 5.50. The Hall–Kier alpha value is -1.02. The zero-order chi connectivity index (χ0) is 13.8. The third-order valence-corrected chi connectivity index (χ3v) is 3.30. The van der Waals surface area contributed by atoms with E-state index < -0.39 is 24.4 Å². The number of aliphatic hydroxyl groups excluding tert-OH is 4. The molecule has 19 heavy (non-hydrogen) atoms. The van der Waals surface area contributed by atoms with Crippen LogP contribution < -0.4 is 0 Å². The number of β-amino-alcohol motifs (C(OH)–C–C–N with tert-alkyl or cyclic N) is 1. The van der Waals surface area contributed by atoms with Crippen molar-refractivity contribution in [3.05, 3.63) is 35.9 Å². The fraction of sp³-hybridized carbons (Fsp3) is 0.538. The molecule has 1 heterocycles. The molecule has 4 atom stereocenters. The summed E-state index contributed by atoms with van der Waals surface area (Å²) in [6.45, 7) is -0.0527. The minimum absolute atomic E-state index is 0.0380. The van der Waals surface area contributed by atoms with Crippen molar-refractivity contribution in [3.63, 3.8) is 0 Å². The van der Waals surface area contributed by atoms with Gasteiger partial charge >= 0.3 is 0 Å². The highest BCUT2D eigenvalue weighted by atomic mass is 16.7. The molecule has 4 N–H and O–H groups in total. The highest BCUT2D eigenvalue weighted by Crippen LogP contribution is 2.20. The Kier molecular flexibility index (Phi) is 4.87. The van der Waals surface area contributed by atoms with Gasteiger partial charge in [-0.2, -0.15) is 5.06 Å². The van der Waals surface area contributed by atoms with Gasteiger partial charge in [-0.05, 0) is 5.56 Å². The molecular weight excluding hydrogens is 250 g/mol. The number of piperidine rings is 1. The largest absolute Gasteiger partial charge is 0.395 e. The van der Waals surface area contributed by atoms with E-state index in [1.54, 1.807) is 0 Å². The predicted octanol–water partition coefficient (Wildman–Crippen LogP) is -1.12. The van der Waals surface area contributed by atoms with Crippen LogP contribution in [0, 0.1) is 0 Å². The second-order valence-corrected chi connectivity index (χ2v) is 4.66. The van der Waals surface area contributed by atoms with E-state index in [0.717, 1.165) is 5.56 Å². The van der Waals surface area contributed by atoms with Crippen molar-refractivity contribution >= 4 is 0 Å². The second kappa shape index (κ2) is 6.42. The molecule has 106 valence electrons. The molecule has 6 nitrogen and oxygen atoms in total. The Balaban J connectivity index is 1.98. The summed E-state index contributed by atoms with van der Waals surface area (Å²) in [5, 5.41) is 39.5. The van der Waals surface area contributed by atoms with Crippen LogP contribution in [0.25, 0.3) is 0 Å². The van der Waals surface area contributed by atoms with Crippen molar-refractivity contribution in [2.75, 3.05) is 13.2 Å². The van der Waals surface area contributed by atoms with Crippen LogP contribution in [0.4, 0.5) is 0 Å². The van der Waals surface area contributed by atoms with E-state index >= 15 is 0 Å². The Morgan fingerprint density at radius 2 is 1.79 bits per heavy atom. The molecule has 1 aliphatic rings. The van der Waals surface area contributed by atoms with Crippen LogP contribution in [0.2, 0.25) is 0 Å². The van der Waals surface area contributed by atoms with Crippen LogP contribution in [0.5, 0.6) is 0 Å². The van der Waals surface area contributed by atoms with Crippen molar-refractivity contribution in [1.82, 2.24) is 5.06 Å². The third kappa shape index (κ3) is 3.30. The van der Waals surface area contributed by atoms with Crippen LogP contribution in [-0.4, -0.2) is 63.0 Å². The first-order valence-electron chi connectivity index (χ1n) is 6.22. The molecule has 0 saturated carbocycles. The van der Waals surface area contributed by atoms with Crippen molar-refractivity contribution in [3.8, 4) is 0 Å². The summed E-state index contributed by atoms with van der Waals surface area (Å²) >= 11 is 0. The van der Waals surface area contributed by atoms with Gasteiger partial charge in [0, 0.05) is 0 Å². The minimum atomic E-state index is -1.27. The van der Waals surface area contributed by atoms with Gasteiger partial charge in [0.05, 0.1) is 31.9 Å². The summed E-state index contributed by atoms with van der Waals surface area (Å²) in [7, 11) is 0. The molecule has 1 aliphatic heterocycles. The van der Waals surface area contributed by atoms with E-state index in [9.17, 15) is 20.4 Å². The molecular formula is C13H19NO5. The van der Waals surface area contributed by atoms with Crippen molar-refractivity contribution in [2.24, 2.45) is 0 Å². The van der Waals surface area contributed by atoms with Crippen LogP contribution >= 0.6 is 0 Å².